The highest BCUT2D eigenvalue weighted by Gasteiger charge is 2.29. The van der Waals surface area contributed by atoms with Gasteiger partial charge in [-0.1, -0.05) is 32.9 Å². The monoisotopic (exact) mass is 332 g/mol. The van der Waals surface area contributed by atoms with E-state index in [4.69, 9.17) is 0 Å². The van der Waals surface area contributed by atoms with Crippen LogP contribution in [-0.2, 0) is 15.0 Å². The third-order valence-electron chi connectivity index (χ3n) is 4.63. The average molecular weight is 332 g/mol. The van der Waals surface area contributed by atoms with Crippen LogP contribution in [0.15, 0.2) is 24.3 Å². The molecule has 1 fully saturated rings. The van der Waals surface area contributed by atoms with Crippen LogP contribution in [0.3, 0.4) is 0 Å². The molecule has 0 aliphatic carbocycles. The summed E-state index contributed by atoms with van der Waals surface area (Å²) in [6.07, 6.45) is 1.24. The fraction of sp³-hybridized carbons (Fsp3) is 0.579. The van der Waals surface area contributed by atoms with Crippen LogP contribution in [0.2, 0.25) is 0 Å². The van der Waals surface area contributed by atoms with Crippen molar-refractivity contribution >= 4 is 17.5 Å². The predicted octanol–water partition coefficient (Wildman–Crippen LogP) is 2.54. The highest BCUT2D eigenvalue weighted by Crippen LogP contribution is 2.24. The van der Waals surface area contributed by atoms with Crippen molar-refractivity contribution in [3.05, 3.63) is 29.8 Å². The third-order valence-corrected chi connectivity index (χ3v) is 4.63. The van der Waals surface area contributed by atoms with Gasteiger partial charge in [0.05, 0.1) is 6.10 Å². The SMILES string of the molecule is CC(O)C1CCCN(C(=O)C(=O)Nc2ccc(C(C)(C)C)cc2)C1. The van der Waals surface area contributed by atoms with Gasteiger partial charge >= 0.3 is 11.8 Å². The lowest BCUT2D eigenvalue weighted by atomic mass is 9.87. The first-order valence-electron chi connectivity index (χ1n) is 8.57. The van der Waals surface area contributed by atoms with E-state index in [1.54, 1.807) is 11.8 Å². The summed E-state index contributed by atoms with van der Waals surface area (Å²) in [5.74, 6) is -1.11. The Hall–Kier alpha value is -1.88. The number of nitrogens with zero attached hydrogens (tertiary/aromatic N) is 1. The van der Waals surface area contributed by atoms with Gasteiger partial charge < -0.3 is 15.3 Å². The molecule has 1 aliphatic heterocycles. The van der Waals surface area contributed by atoms with E-state index in [9.17, 15) is 14.7 Å². The van der Waals surface area contributed by atoms with E-state index in [-0.39, 0.29) is 11.3 Å². The molecule has 1 aliphatic rings. The summed E-state index contributed by atoms with van der Waals surface area (Å²) >= 11 is 0. The number of nitrogens with one attached hydrogen (secondary N) is 1. The molecule has 1 saturated heterocycles. The molecule has 24 heavy (non-hydrogen) atoms. The number of benzene rings is 1. The number of aliphatic hydroxyl groups excluding tert-OH is 1. The number of piperidine rings is 1. The quantitative estimate of drug-likeness (QED) is 0.818. The second-order valence-corrected chi connectivity index (χ2v) is 7.68. The normalized spacial score (nSPS) is 19.7. The molecular weight excluding hydrogens is 304 g/mol. The maximum absolute atomic E-state index is 12.3. The molecule has 0 spiro atoms. The highest BCUT2D eigenvalue weighted by molar-refractivity contribution is 6.39. The lowest BCUT2D eigenvalue weighted by Crippen LogP contribution is -2.47. The van der Waals surface area contributed by atoms with Gasteiger partial charge in [0.15, 0.2) is 0 Å². The summed E-state index contributed by atoms with van der Waals surface area (Å²) < 4.78 is 0. The molecule has 0 aromatic heterocycles. The summed E-state index contributed by atoms with van der Waals surface area (Å²) in [6, 6.07) is 7.57. The molecule has 5 heteroatoms. The summed E-state index contributed by atoms with van der Waals surface area (Å²) in [6.45, 7) is 9.11. The zero-order chi connectivity index (χ0) is 17.9. The van der Waals surface area contributed by atoms with Gasteiger partial charge in [0, 0.05) is 24.7 Å². The van der Waals surface area contributed by atoms with E-state index in [1.165, 1.54) is 5.56 Å². The summed E-state index contributed by atoms with van der Waals surface area (Å²) in [5, 5.41) is 12.4. The summed E-state index contributed by atoms with van der Waals surface area (Å²) in [4.78, 5) is 26.1. The van der Waals surface area contributed by atoms with Crippen LogP contribution < -0.4 is 5.32 Å². The number of likely N-dealkylation sites (tertiary alicyclic amines) is 1. The number of hydrogen-bond acceptors (Lipinski definition) is 3. The first-order chi connectivity index (χ1) is 11.2. The molecule has 1 aromatic carbocycles. The van der Waals surface area contributed by atoms with E-state index < -0.39 is 17.9 Å². The zero-order valence-corrected chi connectivity index (χ0v) is 15.0. The lowest BCUT2D eigenvalue weighted by molar-refractivity contribution is -0.144. The smallest absolute Gasteiger partial charge is 0.313 e. The molecule has 1 aromatic rings. The number of anilines is 1. The fourth-order valence-electron chi connectivity index (χ4n) is 2.97. The maximum Gasteiger partial charge on any atom is 0.313 e. The fourth-order valence-corrected chi connectivity index (χ4v) is 2.97. The van der Waals surface area contributed by atoms with Crippen LogP contribution in [0, 0.1) is 5.92 Å². The predicted molar refractivity (Wildman–Crippen MR) is 94.8 cm³/mol. The molecule has 2 atom stereocenters. The van der Waals surface area contributed by atoms with Gasteiger partial charge in [-0.15, -0.1) is 0 Å². The minimum atomic E-state index is -0.621. The third kappa shape index (κ3) is 4.57. The minimum absolute atomic E-state index is 0.0431. The van der Waals surface area contributed by atoms with Crippen LogP contribution in [0.4, 0.5) is 5.69 Å². The highest BCUT2D eigenvalue weighted by atomic mass is 16.3. The van der Waals surface area contributed by atoms with E-state index in [2.05, 4.69) is 26.1 Å². The number of aliphatic hydroxyl groups is 1. The second-order valence-electron chi connectivity index (χ2n) is 7.68. The zero-order valence-electron chi connectivity index (χ0n) is 15.0. The molecule has 2 unspecified atom stereocenters. The Labute approximate surface area is 144 Å². The Morgan fingerprint density at radius 3 is 2.42 bits per heavy atom. The summed E-state index contributed by atoms with van der Waals surface area (Å²) in [7, 11) is 0. The second kappa shape index (κ2) is 7.34. The Balaban J connectivity index is 1.97. The first-order valence-corrected chi connectivity index (χ1v) is 8.57. The van der Waals surface area contributed by atoms with Crippen molar-refractivity contribution in [3.63, 3.8) is 0 Å². The lowest BCUT2D eigenvalue weighted by Gasteiger charge is -2.33. The number of hydrogen-bond donors (Lipinski definition) is 2. The molecule has 2 N–H and O–H groups in total. The van der Waals surface area contributed by atoms with E-state index in [0.717, 1.165) is 12.8 Å². The van der Waals surface area contributed by atoms with Gasteiger partial charge in [0.2, 0.25) is 0 Å². The molecule has 0 saturated carbocycles. The van der Waals surface area contributed by atoms with Gasteiger partial charge in [0.25, 0.3) is 0 Å². The Kier molecular flexibility index (Phi) is 5.65. The Bertz CT molecular complexity index is 588. The number of carbonyl (C=O) groups is 2. The van der Waals surface area contributed by atoms with Crippen molar-refractivity contribution in [3.8, 4) is 0 Å². The van der Waals surface area contributed by atoms with Crippen molar-refractivity contribution in [1.82, 2.24) is 4.90 Å². The van der Waals surface area contributed by atoms with Gasteiger partial charge in [-0.25, -0.2) is 0 Å². The van der Waals surface area contributed by atoms with E-state index in [1.807, 2.05) is 24.3 Å². The van der Waals surface area contributed by atoms with Crippen LogP contribution in [0.5, 0.6) is 0 Å². The van der Waals surface area contributed by atoms with Crippen molar-refractivity contribution in [1.29, 1.82) is 0 Å². The Morgan fingerprint density at radius 2 is 1.88 bits per heavy atom. The minimum Gasteiger partial charge on any atom is -0.393 e. The van der Waals surface area contributed by atoms with Crippen molar-refractivity contribution in [2.24, 2.45) is 5.92 Å². The van der Waals surface area contributed by atoms with Gasteiger partial charge in [-0.3, -0.25) is 9.59 Å². The van der Waals surface area contributed by atoms with Crippen molar-refractivity contribution < 1.29 is 14.7 Å². The number of rotatable bonds is 2. The molecule has 0 bridgehead atoms. The standard InChI is InChI=1S/C19H28N2O3/c1-13(22)14-6-5-11-21(12-14)18(24)17(23)20-16-9-7-15(8-10-16)19(2,3)4/h7-10,13-14,22H,5-6,11-12H2,1-4H3,(H,20,23). The Morgan fingerprint density at radius 1 is 1.25 bits per heavy atom. The molecule has 0 radical (unpaired) electrons. The molecule has 2 amide bonds. The molecular formula is C19H28N2O3. The van der Waals surface area contributed by atoms with E-state index >= 15 is 0 Å². The van der Waals surface area contributed by atoms with Crippen LogP contribution in [0.1, 0.15) is 46.1 Å². The molecule has 132 valence electrons. The van der Waals surface area contributed by atoms with E-state index in [0.29, 0.717) is 18.8 Å². The van der Waals surface area contributed by atoms with Gasteiger partial charge in [-0.2, -0.15) is 0 Å². The number of carbonyl (C=O) groups excluding carboxylic acids is 2. The largest absolute Gasteiger partial charge is 0.393 e. The first kappa shape index (κ1) is 18.5. The van der Waals surface area contributed by atoms with Crippen LogP contribution in [-0.4, -0.2) is 41.0 Å². The van der Waals surface area contributed by atoms with Crippen molar-refractivity contribution in [2.45, 2.75) is 52.1 Å². The molecule has 1 heterocycles. The van der Waals surface area contributed by atoms with Crippen molar-refractivity contribution in [2.75, 3.05) is 18.4 Å². The summed E-state index contributed by atoms with van der Waals surface area (Å²) in [5.41, 5.74) is 1.83. The van der Waals surface area contributed by atoms with Crippen LogP contribution >= 0.6 is 0 Å². The molecule has 5 nitrogen and oxygen atoms in total. The maximum atomic E-state index is 12.3. The average Bonchev–Trinajstić information content (AvgIpc) is 2.53. The molecule has 2 rings (SSSR count). The topological polar surface area (TPSA) is 69.6 Å². The van der Waals surface area contributed by atoms with Gasteiger partial charge in [-0.05, 0) is 42.9 Å². The van der Waals surface area contributed by atoms with Gasteiger partial charge in [0.1, 0.15) is 0 Å². The van der Waals surface area contributed by atoms with Crippen LogP contribution in [0.25, 0.3) is 0 Å². The number of amides is 2.